The van der Waals surface area contributed by atoms with Crippen molar-refractivity contribution in [2.45, 2.75) is 39.3 Å². The maximum absolute atomic E-state index is 11.5. The molecule has 1 aliphatic rings. The highest BCUT2D eigenvalue weighted by Crippen LogP contribution is 2.30. The van der Waals surface area contributed by atoms with E-state index in [0.717, 1.165) is 23.8 Å². The van der Waals surface area contributed by atoms with Gasteiger partial charge < -0.3 is 15.5 Å². The van der Waals surface area contributed by atoms with E-state index in [9.17, 15) is 4.79 Å². The van der Waals surface area contributed by atoms with Crippen LogP contribution >= 0.6 is 11.6 Å². The van der Waals surface area contributed by atoms with E-state index in [2.05, 4.69) is 42.4 Å². The van der Waals surface area contributed by atoms with Gasteiger partial charge in [-0.3, -0.25) is 4.79 Å². The van der Waals surface area contributed by atoms with Crippen LogP contribution < -0.4 is 15.5 Å². The Morgan fingerprint density at radius 2 is 2.10 bits per heavy atom. The van der Waals surface area contributed by atoms with E-state index in [0.29, 0.717) is 19.5 Å². The van der Waals surface area contributed by atoms with Crippen LogP contribution in [0.5, 0.6) is 0 Å². The van der Waals surface area contributed by atoms with Crippen molar-refractivity contribution in [1.82, 2.24) is 10.6 Å². The van der Waals surface area contributed by atoms with Gasteiger partial charge in [0.25, 0.3) is 0 Å². The van der Waals surface area contributed by atoms with Gasteiger partial charge in [0, 0.05) is 38.1 Å². The van der Waals surface area contributed by atoms with Crippen LogP contribution in [0, 0.1) is 0 Å². The average Bonchev–Trinajstić information content (AvgIpc) is 2.60. The number of hydrogen-bond donors (Lipinski definition) is 2. The van der Waals surface area contributed by atoms with E-state index < -0.39 is 0 Å². The lowest BCUT2D eigenvalue weighted by atomic mass is 10.1. The SMILES string of the molecule is CC(C)(C)NCc1cccc(Cl)c1N1CCNC(=O)CC1. The summed E-state index contributed by atoms with van der Waals surface area (Å²) < 4.78 is 0. The van der Waals surface area contributed by atoms with Crippen LogP contribution in [0.2, 0.25) is 5.02 Å². The van der Waals surface area contributed by atoms with Crippen molar-refractivity contribution >= 4 is 23.2 Å². The first-order valence-corrected chi connectivity index (χ1v) is 7.79. The van der Waals surface area contributed by atoms with Gasteiger partial charge in [-0.15, -0.1) is 0 Å². The minimum Gasteiger partial charge on any atom is -0.368 e. The zero-order chi connectivity index (χ0) is 15.5. The smallest absolute Gasteiger partial charge is 0.221 e. The maximum atomic E-state index is 11.5. The summed E-state index contributed by atoms with van der Waals surface area (Å²) in [6.45, 7) is 9.35. The molecule has 0 saturated carbocycles. The number of carbonyl (C=O) groups is 1. The highest BCUT2D eigenvalue weighted by atomic mass is 35.5. The third kappa shape index (κ3) is 4.61. The van der Waals surface area contributed by atoms with Gasteiger partial charge in [0.1, 0.15) is 0 Å². The highest BCUT2D eigenvalue weighted by Gasteiger charge is 2.19. The quantitative estimate of drug-likeness (QED) is 0.902. The van der Waals surface area contributed by atoms with Gasteiger partial charge in [-0.2, -0.15) is 0 Å². The second-order valence-electron chi connectivity index (χ2n) is 6.44. The van der Waals surface area contributed by atoms with Crippen LogP contribution in [0.15, 0.2) is 18.2 Å². The molecule has 0 unspecified atom stereocenters. The first-order chi connectivity index (χ1) is 9.87. The van der Waals surface area contributed by atoms with Crippen LogP contribution in [-0.4, -0.2) is 31.1 Å². The normalized spacial score (nSPS) is 16.6. The second kappa shape index (κ2) is 6.67. The van der Waals surface area contributed by atoms with Crippen molar-refractivity contribution in [3.8, 4) is 0 Å². The van der Waals surface area contributed by atoms with Crippen molar-refractivity contribution in [1.29, 1.82) is 0 Å². The summed E-state index contributed by atoms with van der Waals surface area (Å²) in [6, 6.07) is 5.99. The standard InChI is InChI=1S/C16H24ClN3O/c1-16(2,3)19-11-12-5-4-6-13(17)15(12)20-9-7-14(21)18-8-10-20/h4-6,19H,7-11H2,1-3H3,(H,18,21). The monoisotopic (exact) mass is 309 g/mol. The molecule has 1 heterocycles. The molecule has 0 aliphatic carbocycles. The molecule has 5 heteroatoms. The van der Waals surface area contributed by atoms with Gasteiger partial charge in [-0.05, 0) is 32.4 Å². The average molecular weight is 310 g/mol. The third-order valence-corrected chi connectivity index (χ3v) is 3.81. The Labute approximate surface area is 131 Å². The molecule has 0 spiro atoms. The van der Waals surface area contributed by atoms with E-state index in [1.165, 1.54) is 5.56 Å². The molecule has 1 saturated heterocycles. The zero-order valence-corrected chi connectivity index (χ0v) is 13.8. The Morgan fingerprint density at radius 3 is 2.81 bits per heavy atom. The highest BCUT2D eigenvalue weighted by molar-refractivity contribution is 6.33. The van der Waals surface area contributed by atoms with E-state index in [1.54, 1.807) is 0 Å². The minimum absolute atomic E-state index is 0.0515. The fraction of sp³-hybridized carbons (Fsp3) is 0.562. The van der Waals surface area contributed by atoms with Gasteiger partial charge in [-0.1, -0.05) is 23.7 Å². The number of hydrogen-bond acceptors (Lipinski definition) is 3. The molecule has 0 bridgehead atoms. The molecule has 4 nitrogen and oxygen atoms in total. The first kappa shape index (κ1) is 16.1. The Bertz CT molecular complexity index is 511. The summed E-state index contributed by atoms with van der Waals surface area (Å²) in [7, 11) is 0. The topological polar surface area (TPSA) is 44.4 Å². The largest absolute Gasteiger partial charge is 0.368 e. The Kier molecular flexibility index (Phi) is 5.12. The van der Waals surface area contributed by atoms with Crippen molar-refractivity contribution in [3.63, 3.8) is 0 Å². The minimum atomic E-state index is 0.0515. The number of anilines is 1. The Hall–Kier alpha value is -1.26. The lowest BCUT2D eigenvalue weighted by Crippen LogP contribution is -2.36. The number of carbonyl (C=O) groups excluding carboxylic acids is 1. The fourth-order valence-corrected chi connectivity index (χ4v) is 2.72. The third-order valence-electron chi connectivity index (χ3n) is 3.51. The van der Waals surface area contributed by atoms with E-state index in [-0.39, 0.29) is 11.4 Å². The molecule has 0 atom stereocenters. The van der Waals surface area contributed by atoms with Gasteiger partial charge >= 0.3 is 0 Å². The van der Waals surface area contributed by atoms with Crippen LogP contribution in [0.25, 0.3) is 0 Å². The molecule has 2 rings (SSSR count). The number of halogens is 1. The molecule has 1 fully saturated rings. The molecular formula is C16H24ClN3O. The Balaban J connectivity index is 2.22. The number of rotatable bonds is 3. The molecule has 2 N–H and O–H groups in total. The lowest BCUT2D eigenvalue weighted by Gasteiger charge is -2.28. The van der Waals surface area contributed by atoms with Gasteiger partial charge in [0.05, 0.1) is 10.7 Å². The maximum Gasteiger partial charge on any atom is 0.221 e. The van der Waals surface area contributed by atoms with Gasteiger partial charge in [0.15, 0.2) is 0 Å². The molecular weight excluding hydrogens is 286 g/mol. The summed E-state index contributed by atoms with van der Waals surface area (Å²) >= 11 is 6.43. The molecule has 116 valence electrons. The number of nitrogens with zero attached hydrogens (tertiary/aromatic N) is 1. The molecule has 1 aromatic rings. The predicted molar refractivity (Wildman–Crippen MR) is 87.9 cm³/mol. The summed E-state index contributed by atoms with van der Waals surface area (Å²) in [4.78, 5) is 13.7. The van der Waals surface area contributed by atoms with Gasteiger partial charge in [0.2, 0.25) is 5.91 Å². The van der Waals surface area contributed by atoms with Crippen molar-refractivity contribution in [2.75, 3.05) is 24.5 Å². The van der Waals surface area contributed by atoms with Crippen LogP contribution in [-0.2, 0) is 11.3 Å². The molecule has 0 radical (unpaired) electrons. The predicted octanol–water partition coefficient (Wildman–Crippen LogP) is 2.55. The number of nitrogens with one attached hydrogen (secondary N) is 2. The van der Waals surface area contributed by atoms with E-state index >= 15 is 0 Å². The molecule has 1 aromatic carbocycles. The van der Waals surface area contributed by atoms with E-state index in [4.69, 9.17) is 11.6 Å². The molecule has 21 heavy (non-hydrogen) atoms. The molecule has 0 aromatic heterocycles. The van der Waals surface area contributed by atoms with E-state index in [1.807, 2.05) is 12.1 Å². The van der Waals surface area contributed by atoms with Crippen molar-refractivity contribution in [2.24, 2.45) is 0 Å². The van der Waals surface area contributed by atoms with Crippen LogP contribution in [0.1, 0.15) is 32.8 Å². The fourth-order valence-electron chi connectivity index (χ4n) is 2.41. The van der Waals surface area contributed by atoms with Crippen molar-refractivity contribution < 1.29 is 4.79 Å². The molecule has 1 aliphatic heterocycles. The summed E-state index contributed by atoms with van der Waals surface area (Å²) in [5, 5.41) is 7.15. The van der Waals surface area contributed by atoms with Crippen molar-refractivity contribution in [3.05, 3.63) is 28.8 Å². The van der Waals surface area contributed by atoms with Crippen LogP contribution in [0.4, 0.5) is 5.69 Å². The van der Waals surface area contributed by atoms with Crippen LogP contribution in [0.3, 0.4) is 0 Å². The number of para-hydroxylation sites is 1. The lowest BCUT2D eigenvalue weighted by molar-refractivity contribution is -0.120. The van der Waals surface area contributed by atoms with Gasteiger partial charge in [-0.25, -0.2) is 0 Å². The summed E-state index contributed by atoms with van der Waals surface area (Å²) in [6.07, 6.45) is 0.511. The summed E-state index contributed by atoms with van der Waals surface area (Å²) in [5.41, 5.74) is 2.27. The summed E-state index contributed by atoms with van der Waals surface area (Å²) in [5.74, 6) is 0.110. The zero-order valence-electron chi connectivity index (χ0n) is 13.0. The number of benzene rings is 1. The Morgan fingerprint density at radius 1 is 1.33 bits per heavy atom. The number of amides is 1. The first-order valence-electron chi connectivity index (χ1n) is 7.41. The molecule has 1 amide bonds. The second-order valence-corrected chi connectivity index (χ2v) is 6.85.